The summed E-state index contributed by atoms with van der Waals surface area (Å²) in [4.78, 5) is 22.4. The first-order valence-electron chi connectivity index (χ1n) is 5.42. The minimum atomic E-state index is -1.03. The Hall–Kier alpha value is -1.80. The average Bonchev–Trinajstić information content (AvgIpc) is 2.81. The predicted octanol–water partition coefficient (Wildman–Crippen LogP) is 3.49. The first-order chi connectivity index (χ1) is 9.47. The molecule has 0 aliphatic rings. The van der Waals surface area contributed by atoms with Crippen LogP contribution < -0.4 is 5.32 Å². The van der Waals surface area contributed by atoms with E-state index in [0.717, 1.165) is 21.5 Å². The van der Waals surface area contributed by atoms with Gasteiger partial charge in [-0.15, -0.1) is 11.3 Å². The quantitative estimate of drug-likeness (QED) is 0.671. The Kier molecular flexibility index (Phi) is 4.46. The number of carbonyl (C=O) groups is 1. The maximum Gasteiger partial charge on any atom is 0.304 e. The van der Waals surface area contributed by atoms with E-state index >= 15 is 0 Å². The molecule has 0 spiro atoms. The van der Waals surface area contributed by atoms with Crippen molar-refractivity contribution in [3.05, 3.63) is 60.5 Å². The van der Waals surface area contributed by atoms with E-state index < -0.39 is 22.3 Å². The largest absolute Gasteiger partial charge is 0.347 e. The van der Waals surface area contributed by atoms with Gasteiger partial charge in [-0.05, 0) is 34.1 Å². The summed E-state index contributed by atoms with van der Waals surface area (Å²) in [5, 5.41) is 15.0. The second-order valence-electron chi connectivity index (χ2n) is 3.84. The van der Waals surface area contributed by atoms with E-state index in [4.69, 9.17) is 0 Å². The summed E-state index contributed by atoms with van der Waals surface area (Å²) in [5.41, 5.74) is -0.604. The first kappa shape index (κ1) is 14.6. The van der Waals surface area contributed by atoms with Crippen LogP contribution in [0.3, 0.4) is 0 Å². The molecule has 0 atom stereocenters. The fraction of sp³-hybridized carbons (Fsp3) is 0.0833. The minimum Gasteiger partial charge on any atom is -0.347 e. The van der Waals surface area contributed by atoms with Crippen molar-refractivity contribution in [3.8, 4) is 0 Å². The highest BCUT2D eigenvalue weighted by atomic mass is 79.9. The van der Waals surface area contributed by atoms with Gasteiger partial charge in [0.2, 0.25) is 5.82 Å². The van der Waals surface area contributed by atoms with E-state index in [1.54, 1.807) is 0 Å². The fourth-order valence-electron chi connectivity index (χ4n) is 1.51. The molecule has 1 amide bonds. The maximum absolute atomic E-state index is 13.4. The maximum atomic E-state index is 13.4. The van der Waals surface area contributed by atoms with Gasteiger partial charge < -0.3 is 5.32 Å². The smallest absolute Gasteiger partial charge is 0.304 e. The number of thiophene rings is 1. The molecule has 20 heavy (non-hydrogen) atoms. The molecule has 0 saturated carbocycles. The summed E-state index contributed by atoms with van der Waals surface area (Å²) in [6.07, 6.45) is 0. The third kappa shape index (κ3) is 3.40. The number of rotatable bonds is 4. The van der Waals surface area contributed by atoms with Crippen LogP contribution in [0.5, 0.6) is 0 Å². The molecular weight excluding hydrogens is 351 g/mol. The number of carbonyl (C=O) groups excluding carboxylic acids is 1. The number of benzene rings is 1. The topological polar surface area (TPSA) is 72.2 Å². The average molecular weight is 359 g/mol. The summed E-state index contributed by atoms with van der Waals surface area (Å²) >= 11 is 4.77. The Morgan fingerprint density at radius 1 is 1.45 bits per heavy atom. The van der Waals surface area contributed by atoms with Crippen LogP contribution >= 0.6 is 27.3 Å². The predicted molar refractivity (Wildman–Crippen MR) is 76.2 cm³/mol. The van der Waals surface area contributed by atoms with Crippen LogP contribution in [-0.4, -0.2) is 10.8 Å². The van der Waals surface area contributed by atoms with E-state index in [-0.39, 0.29) is 5.56 Å². The van der Waals surface area contributed by atoms with Gasteiger partial charge in [0.25, 0.3) is 5.91 Å². The van der Waals surface area contributed by atoms with E-state index in [2.05, 4.69) is 21.2 Å². The second kappa shape index (κ2) is 6.10. The van der Waals surface area contributed by atoms with E-state index in [9.17, 15) is 19.3 Å². The van der Waals surface area contributed by atoms with Gasteiger partial charge in [-0.3, -0.25) is 14.9 Å². The molecule has 0 unspecified atom stereocenters. The van der Waals surface area contributed by atoms with Crippen molar-refractivity contribution in [1.29, 1.82) is 0 Å². The first-order valence-corrected chi connectivity index (χ1v) is 7.09. The molecule has 1 heterocycles. The van der Waals surface area contributed by atoms with Crippen LogP contribution in [0, 0.1) is 15.9 Å². The molecule has 8 heteroatoms. The Morgan fingerprint density at radius 2 is 2.20 bits per heavy atom. The third-order valence-corrected chi connectivity index (χ3v) is 4.15. The molecular formula is C12H8BrFN2O3S. The van der Waals surface area contributed by atoms with Gasteiger partial charge >= 0.3 is 5.69 Å². The van der Waals surface area contributed by atoms with Gasteiger partial charge in [-0.2, -0.15) is 4.39 Å². The van der Waals surface area contributed by atoms with Crippen molar-refractivity contribution in [3.63, 3.8) is 0 Å². The van der Waals surface area contributed by atoms with E-state index in [0.29, 0.717) is 6.54 Å². The SMILES string of the molecule is O=C(NCc1cc(Br)cs1)c1ccc([N+](=O)[O-])c(F)c1. The number of nitrogens with zero attached hydrogens (tertiary/aromatic N) is 1. The molecule has 0 aliphatic heterocycles. The molecule has 5 nitrogen and oxygen atoms in total. The lowest BCUT2D eigenvalue weighted by Gasteiger charge is -2.04. The lowest BCUT2D eigenvalue weighted by molar-refractivity contribution is -0.387. The van der Waals surface area contributed by atoms with E-state index in [1.165, 1.54) is 17.4 Å². The summed E-state index contributed by atoms with van der Waals surface area (Å²) in [7, 11) is 0. The molecule has 1 N–H and O–H groups in total. The van der Waals surface area contributed by atoms with Gasteiger partial charge in [0.1, 0.15) is 0 Å². The van der Waals surface area contributed by atoms with Crippen LogP contribution in [0.15, 0.2) is 34.1 Å². The highest BCUT2D eigenvalue weighted by Gasteiger charge is 2.16. The lowest BCUT2D eigenvalue weighted by atomic mass is 10.2. The molecule has 1 aromatic carbocycles. The number of nitrogens with one attached hydrogen (secondary N) is 1. The Labute approximate surface area is 125 Å². The van der Waals surface area contributed by atoms with Crippen molar-refractivity contribution in [2.45, 2.75) is 6.54 Å². The van der Waals surface area contributed by atoms with Crippen molar-refractivity contribution in [1.82, 2.24) is 5.32 Å². The number of hydrogen-bond acceptors (Lipinski definition) is 4. The van der Waals surface area contributed by atoms with Gasteiger partial charge in [0.15, 0.2) is 0 Å². The molecule has 0 bridgehead atoms. The number of halogens is 2. The van der Waals surface area contributed by atoms with Crippen LogP contribution in [0.25, 0.3) is 0 Å². The second-order valence-corrected chi connectivity index (χ2v) is 5.75. The van der Waals surface area contributed by atoms with Crippen LogP contribution in [0.4, 0.5) is 10.1 Å². The third-order valence-electron chi connectivity index (χ3n) is 2.45. The van der Waals surface area contributed by atoms with Crippen molar-refractivity contribution in [2.24, 2.45) is 0 Å². The van der Waals surface area contributed by atoms with E-state index in [1.807, 2.05) is 11.4 Å². The number of amides is 1. The zero-order valence-electron chi connectivity index (χ0n) is 9.93. The van der Waals surface area contributed by atoms with Crippen molar-refractivity contribution < 1.29 is 14.1 Å². The lowest BCUT2D eigenvalue weighted by Crippen LogP contribution is -2.22. The number of nitro groups is 1. The molecule has 0 saturated heterocycles. The van der Waals surface area contributed by atoms with Crippen LogP contribution in [0.1, 0.15) is 15.2 Å². The van der Waals surface area contributed by atoms with Gasteiger partial charge in [-0.1, -0.05) is 0 Å². The minimum absolute atomic E-state index is 0.0451. The Morgan fingerprint density at radius 3 is 2.75 bits per heavy atom. The molecule has 0 fully saturated rings. The summed E-state index contributed by atoms with van der Waals surface area (Å²) < 4.78 is 14.3. The van der Waals surface area contributed by atoms with Gasteiger partial charge in [0.05, 0.1) is 11.5 Å². The number of hydrogen-bond donors (Lipinski definition) is 1. The molecule has 104 valence electrons. The Bertz CT molecular complexity index is 674. The molecule has 1 aromatic heterocycles. The van der Waals surface area contributed by atoms with Gasteiger partial charge in [0, 0.05) is 26.4 Å². The van der Waals surface area contributed by atoms with Crippen molar-refractivity contribution >= 4 is 38.9 Å². The molecule has 2 aromatic rings. The standard InChI is InChI=1S/C12H8BrFN2O3S/c13-8-4-9(20-6-8)5-15-12(17)7-1-2-11(16(18)19)10(14)3-7/h1-4,6H,5H2,(H,15,17). The molecule has 0 aliphatic carbocycles. The summed E-state index contributed by atoms with van der Waals surface area (Å²) in [5.74, 6) is -1.51. The highest BCUT2D eigenvalue weighted by Crippen LogP contribution is 2.20. The fourth-order valence-corrected chi connectivity index (χ4v) is 2.90. The Balaban J connectivity index is 2.06. The van der Waals surface area contributed by atoms with Crippen LogP contribution in [0.2, 0.25) is 0 Å². The zero-order chi connectivity index (χ0) is 14.7. The normalized spacial score (nSPS) is 10.3. The molecule has 2 rings (SSSR count). The van der Waals surface area contributed by atoms with Gasteiger partial charge in [-0.25, -0.2) is 0 Å². The summed E-state index contributed by atoms with van der Waals surface area (Å²) in [6, 6.07) is 4.92. The van der Waals surface area contributed by atoms with Crippen LogP contribution in [-0.2, 0) is 6.54 Å². The van der Waals surface area contributed by atoms with Crippen molar-refractivity contribution in [2.75, 3.05) is 0 Å². The number of nitro benzene ring substituents is 1. The summed E-state index contributed by atoms with van der Waals surface area (Å²) in [6.45, 7) is 0.313. The molecule has 0 radical (unpaired) electrons. The zero-order valence-corrected chi connectivity index (χ0v) is 12.3. The monoisotopic (exact) mass is 358 g/mol. The highest BCUT2D eigenvalue weighted by molar-refractivity contribution is 9.10.